The molecule has 0 radical (unpaired) electrons. The number of carboxylic acids is 3. The zero-order chi connectivity index (χ0) is 41.3. The van der Waals surface area contributed by atoms with Crippen LogP contribution in [0.2, 0.25) is 0 Å². The van der Waals surface area contributed by atoms with Gasteiger partial charge in [0.15, 0.2) is 5.95 Å². The third kappa shape index (κ3) is 32.8. The van der Waals surface area contributed by atoms with Crippen molar-refractivity contribution in [3.63, 3.8) is 0 Å². The minimum atomic E-state index is -0.978. The fraction of sp³-hybridized carbons (Fsp3) is 0.333. The number of nitrogens with zero attached hydrogens (tertiary/aromatic N) is 6. The summed E-state index contributed by atoms with van der Waals surface area (Å²) in [5.74, 6) is -1.57. The maximum absolute atomic E-state index is 10.4. The number of aromatic nitrogens is 8. The first-order chi connectivity index (χ1) is 25.7. The van der Waals surface area contributed by atoms with E-state index in [1.165, 1.54) is 32.0 Å². The standard InChI is InChI=1S/C7H13N4O2P.C5H7N3O2.C5H10N3OP.C5H6N2O2.C5H9NO2.Li.HNO2.Na/c8-5(6(12)13)2-1-4-3-9-7(10-4)11-14;6-5-7-2-3(8-5)1-4(9)10;9-2-1-4-3-6-5(7-4)8-10;8-5(9)1-4-2-6-3-7-4;1-3-6-4-5(7)8-2;;2-1-3;/h3,5H,1-2,8,14H2,(H,12,13)(H2,9,10,11);2H,1H2,(H,9,10)(H3,6,7,8);3,9H,1-2,10H2,(H2,6,7,8);2-3H,1H2,(H,6,7)(H,8,9);3-4,7H,1-2H3;;(H,2,3);/q;;;;;+1;;+1/p-1/b;;;;5-4+,6-3?;;;. The summed E-state index contributed by atoms with van der Waals surface area (Å²) < 4.78 is 4.24. The third-order valence-corrected chi connectivity index (χ3v) is 5.92. The monoisotopic (exact) mass is 833 g/mol. The smallest absolute Gasteiger partial charge is 0.616 e. The van der Waals surface area contributed by atoms with Crippen LogP contribution in [0, 0.1) is 10.1 Å². The normalized spacial score (nSPS) is 10.1. The number of imidazole rings is 4. The largest absolute Gasteiger partial charge is 1.00 e. The zero-order valence-corrected chi connectivity index (χ0v) is 35.3. The molecule has 0 aliphatic carbocycles. The fourth-order valence-corrected chi connectivity index (χ4v) is 3.33. The van der Waals surface area contributed by atoms with Crippen molar-refractivity contribution in [2.24, 2.45) is 16.1 Å². The second-order valence-corrected chi connectivity index (χ2v) is 9.98. The number of ether oxygens (including phenoxy) is 1. The number of nitrogen functional groups attached to an aromatic ring is 1. The van der Waals surface area contributed by atoms with Crippen molar-refractivity contribution in [1.29, 1.82) is 0 Å². The molecule has 0 aliphatic heterocycles. The summed E-state index contributed by atoms with van der Waals surface area (Å²) in [6, 6.07) is -0.814. The Labute approximate surface area is 360 Å². The predicted molar refractivity (Wildman–Crippen MR) is 202 cm³/mol. The number of aliphatic imine (C=N–C) groups is 1. The Balaban J connectivity index is -0.000000194. The van der Waals surface area contributed by atoms with Crippen LogP contribution >= 0.6 is 18.8 Å². The summed E-state index contributed by atoms with van der Waals surface area (Å²) in [4.78, 5) is 68.5. The maximum atomic E-state index is 10.4. The van der Waals surface area contributed by atoms with Crippen molar-refractivity contribution in [3.8, 4) is 0 Å². The number of anilines is 3. The van der Waals surface area contributed by atoms with E-state index < -0.39 is 29.9 Å². The number of methoxy groups -OCH3 is 1. The van der Waals surface area contributed by atoms with E-state index in [2.05, 4.69) is 78.6 Å². The van der Waals surface area contributed by atoms with E-state index in [9.17, 15) is 19.5 Å². The molecular weight excluding hydrogens is 788 g/mol. The number of carboxylic acid groups (broad SMARTS) is 3. The first-order valence-electron chi connectivity index (χ1n) is 14.8. The van der Waals surface area contributed by atoms with Crippen LogP contribution in [0.15, 0.2) is 53.6 Å². The number of hydrogen-bond donors (Lipinski definition) is 12. The Morgan fingerprint density at radius 2 is 1.46 bits per heavy atom. The van der Waals surface area contributed by atoms with Crippen LogP contribution in [-0.2, 0) is 44.8 Å². The molecular formula is C27H45LiN14NaO11P2+. The number of H-pyrrole nitrogens is 4. The van der Waals surface area contributed by atoms with E-state index in [1.807, 2.05) is 0 Å². The first kappa shape index (κ1) is 58.1. The van der Waals surface area contributed by atoms with E-state index in [0.29, 0.717) is 42.5 Å². The van der Waals surface area contributed by atoms with Gasteiger partial charge in [-0.15, -0.1) is 5.34 Å². The summed E-state index contributed by atoms with van der Waals surface area (Å²) in [6.07, 6.45) is 11.9. The number of aromatic amines is 4. The molecule has 4 rings (SSSR count). The SMILES string of the molecule is CC=N/C=C(\[O-])OC.NC(CCc1cnc(NP)[nH]1)C(=O)O.Nc1ncc(CC(=O)O)[nH]1.O=C(O)Cc1cnc[nH]1.O=N[O-].OCCc1cnc(NP)[nH]1.[H+].[Li+].[Na+]. The van der Waals surface area contributed by atoms with Gasteiger partial charge in [0.05, 0.1) is 43.7 Å². The molecule has 0 aromatic carbocycles. The molecule has 3 unspecified atom stereocenters. The number of nitrogens with two attached hydrogens (primary N) is 2. The van der Waals surface area contributed by atoms with Gasteiger partial charge in [-0.05, 0) is 45.7 Å². The first-order valence-corrected chi connectivity index (χ1v) is 16.0. The van der Waals surface area contributed by atoms with Crippen LogP contribution < -0.4 is 75.2 Å². The van der Waals surface area contributed by atoms with Crippen LogP contribution in [0.1, 0.15) is 37.5 Å². The van der Waals surface area contributed by atoms with E-state index >= 15 is 0 Å². The van der Waals surface area contributed by atoms with Crippen molar-refractivity contribution in [1.82, 2.24) is 39.9 Å². The molecule has 300 valence electrons. The molecule has 14 N–H and O–H groups in total. The van der Waals surface area contributed by atoms with Crippen LogP contribution in [0.4, 0.5) is 17.8 Å². The Morgan fingerprint density at radius 3 is 1.82 bits per heavy atom. The molecule has 0 bridgehead atoms. The van der Waals surface area contributed by atoms with Gasteiger partial charge in [0, 0.05) is 54.4 Å². The summed E-state index contributed by atoms with van der Waals surface area (Å²) in [5.41, 5.74) is 13.5. The zero-order valence-electron chi connectivity index (χ0n) is 32.0. The van der Waals surface area contributed by atoms with E-state index in [1.54, 1.807) is 19.3 Å². The van der Waals surface area contributed by atoms with E-state index in [-0.39, 0.29) is 75.2 Å². The number of aliphatic hydroxyl groups excluding tert-OH is 1. The van der Waals surface area contributed by atoms with Gasteiger partial charge in [-0.25, -0.2) is 19.9 Å². The van der Waals surface area contributed by atoms with Crippen LogP contribution in [0.3, 0.4) is 0 Å². The molecule has 0 amide bonds. The van der Waals surface area contributed by atoms with Crippen molar-refractivity contribution in [3.05, 3.63) is 76.1 Å². The van der Waals surface area contributed by atoms with Crippen molar-refractivity contribution in [2.45, 2.75) is 45.1 Å². The average molecular weight is 834 g/mol. The molecule has 0 saturated heterocycles. The summed E-state index contributed by atoms with van der Waals surface area (Å²) in [5, 5.41) is 58.3. The quantitative estimate of drug-likeness (QED) is 0.0140. The number of aryl methyl sites for hydroxylation is 1. The molecule has 0 saturated carbocycles. The molecule has 56 heavy (non-hydrogen) atoms. The Hall–Kier alpha value is -4.56. The molecule has 25 nitrogen and oxygen atoms in total. The third-order valence-electron chi connectivity index (χ3n) is 5.37. The predicted octanol–water partition coefficient (Wildman–Crippen LogP) is -5.99. The van der Waals surface area contributed by atoms with Crippen LogP contribution in [-0.4, -0.2) is 104 Å². The number of carbonyl (C=O) groups is 3. The van der Waals surface area contributed by atoms with Crippen molar-refractivity contribution < 1.29 is 94.5 Å². The molecule has 4 aromatic rings. The van der Waals surface area contributed by atoms with Crippen molar-refractivity contribution in [2.75, 3.05) is 29.6 Å². The molecule has 29 heteroatoms. The minimum Gasteiger partial charge on any atom is -0.616 e. The van der Waals surface area contributed by atoms with Gasteiger partial charge in [-0.2, -0.15) is 0 Å². The van der Waals surface area contributed by atoms with Crippen LogP contribution in [0.25, 0.3) is 0 Å². The fourth-order valence-electron chi connectivity index (χ4n) is 3.04. The van der Waals surface area contributed by atoms with Crippen molar-refractivity contribution >= 4 is 60.7 Å². The number of nitrogens with one attached hydrogen (secondary N) is 6. The Kier molecular flexibility index (Phi) is 38.8. The molecule has 4 heterocycles. The van der Waals surface area contributed by atoms with Gasteiger partial charge in [0.25, 0.3) is 0 Å². The molecule has 3 atom stereocenters. The number of hydrogen-bond acceptors (Lipinski definition) is 18. The van der Waals surface area contributed by atoms with E-state index in [4.69, 9.17) is 42.0 Å². The van der Waals surface area contributed by atoms with Gasteiger partial charge < -0.3 is 82.0 Å². The molecule has 0 fully saturated rings. The Bertz CT molecular complexity index is 1670. The topological polar surface area (TPSA) is 420 Å². The van der Waals surface area contributed by atoms with Gasteiger partial charge in [-0.3, -0.25) is 19.4 Å². The second kappa shape index (κ2) is 37.4. The molecule has 4 aromatic heterocycles. The average Bonchev–Trinajstić information content (AvgIpc) is 3.97. The number of aliphatic hydroxyl groups is 1. The summed E-state index contributed by atoms with van der Waals surface area (Å²) in [7, 11) is 5.96. The summed E-state index contributed by atoms with van der Waals surface area (Å²) in [6.45, 7) is 1.87. The Morgan fingerprint density at radius 1 is 0.964 bits per heavy atom. The second-order valence-electron chi connectivity index (χ2n) is 9.41. The molecule has 0 aliphatic rings. The molecule has 0 spiro atoms. The van der Waals surface area contributed by atoms with Crippen LogP contribution in [0.5, 0.6) is 0 Å². The van der Waals surface area contributed by atoms with Gasteiger partial charge in [0.2, 0.25) is 11.9 Å². The van der Waals surface area contributed by atoms with Gasteiger partial charge >= 0.3 is 67.8 Å². The maximum Gasteiger partial charge on any atom is 1.00 e. The van der Waals surface area contributed by atoms with Gasteiger partial charge in [-0.1, -0.05) is 0 Å². The number of rotatable bonds is 14. The number of aliphatic carboxylic acids is 3. The minimum absolute atomic E-state index is 0. The van der Waals surface area contributed by atoms with Gasteiger partial charge in [0.1, 0.15) is 6.04 Å². The van der Waals surface area contributed by atoms with E-state index in [0.717, 1.165) is 22.9 Å². The summed E-state index contributed by atoms with van der Waals surface area (Å²) >= 11 is 0.